The van der Waals surface area contributed by atoms with Crippen LogP contribution in [0.4, 0.5) is 0 Å². The molecule has 8 rings (SSSR count). The second-order valence-corrected chi connectivity index (χ2v) is 13.7. The molecule has 1 aliphatic heterocycles. The zero-order valence-corrected chi connectivity index (χ0v) is 30.9. The van der Waals surface area contributed by atoms with Crippen LogP contribution in [-0.4, -0.2) is 46.7 Å². The average molecular weight is 743 g/mol. The zero-order valence-electron chi connectivity index (χ0n) is 30.9. The Morgan fingerprint density at radius 3 is 1.32 bits per heavy atom. The van der Waals surface area contributed by atoms with Gasteiger partial charge in [0.05, 0.1) is 13.7 Å². The van der Waals surface area contributed by atoms with Crippen molar-refractivity contribution in [1.29, 1.82) is 0 Å². The summed E-state index contributed by atoms with van der Waals surface area (Å²) < 4.78 is 28.0. The topological polar surface area (TPSA) is 92.0 Å². The fourth-order valence-electron chi connectivity index (χ4n) is 7.84. The van der Waals surface area contributed by atoms with Crippen LogP contribution in [0.2, 0.25) is 0 Å². The highest BCUT2D eigenvalue weighted by molar-refractivity contribution is 5.49. The molecule has 0 unspecified atom stereocenters. The van der Waals surface area contributed by atoms with Gasteiger partial charge in [0.25, 0.3) is 0 Å². The van der Waals surface area contributed by atoms with Gasteiger partial charge in [-0.05, 0) is 33.4 Å². The number of hydrogen-bond donors (Lipinski definition) is 1. The molecule has 8 nitrogen and oxygen atoms in total. The van der Waals surface area contributed by atoms with Crippen LogP contribution in [0.25, 0.3) is 0 Å². The highest BCUT2D eigenvalue weighted by Crippen LogP contribution is 2.46. The smallest absolute Gasteiger partial charge is 0.353 e. The summed E-state index contributed by atoms with van der Waals surface area (Å²) in [5.41, 5.74) is 2.34. The molecule has 1 fully saturated rings. The second kappa shape index (κ2) is 16.3. The normalized spacial score (nSPS) is 18.4. The highest BCUT2D eigenvalue weighted by Gasteiger charge is 2.52. The molecule has 7 aromatic rings. The summed E-state index contributed by atoms with van der Waals surface area (Å²) >= 11 is 0. The van der Waals surface area contributed by atoms with Gasteiger partial charge in [0.15, 0.2) is 6.23 Å². The fraction of sp³-hybridized carbons (Fsp3) is 0.167. The molecule has 0 aliphatic carbocycles. The number of benzene rings is 6. The minimum atomic E-state index is -1.34. The molecule has 8 heteroatoms. The van der Waals surface area contributed by atoms with Gasteiger partial charge in [0.1, 0.15) is 29.5 Å². The van der Waals surface area contributed by atoms with E-state index in [2.05, 4.69) is 41.4 Å². The maximum Gasteiger partial charge on any atom is 0.353 e. The number of rotatable bonds is 13. The first-order chi connectivity index (χ1) is 27.5. The molecule has 0 amide bonds. The Hall–Kier alpha value is -6.16. The van der Waals surface area contributed by atoms with E-state index in [1.54, 1.807) is 6.07 Å². The minimum absolute atomic E-state index is 0.0380. The molecule has 0 radical (unpaired) electrons. The third-order valence-electron chi connectivity index (χ3n) is 10.5. The standard InChI is InChI=1S/C48H42N2O6/c1-53-42-32-33-50(46(52)49-42)45-43(51)44(56-48(38-26-14-5-15-27-38,39-28-16-6-17-29-39)40-30-18-7-19-31-40)41(55-45)34-54-47(35-20-8-2-9-21-35,36-22-10-3-11-23-36)37-24-12-4-13-25-37/h2-33,41,43-45,51H,34H2,1H3/t41-,43-,44-,45-/m1/s1. The van der Waals surface area contributed by atoms with E-state index >= 15 is 0 Å². The summed E-state index contributed by atoms with van der Waals surface area (Å²) in [5.74, 6) is 0.154. The van der Waals surface area contributed by atoms with Crippen LogP contribution in [0.5, 0.6) is 5.88 Å². The summed E-state index contributed by atoms with van der Waals surface area (Å²) in [5, 5.41) is 12.5. The van der Waals surface area contributed by atoms with Gasteiger partial charge in [0, 0.05) is 12.3 Å². The van der Waals surface area contributed by atoms with E-state index in [4.69, 9.17) is 18.9 Å². The fourth-order valence-corrected chi connectivity index (χ4v) is 7.84. The summed E-state index contributed by atoms with van der Waals surface area (Å²) in [6.07, 6.45) is -2.92. The van der Waals surface area contributed by atoms with E-state index in [-0.39, 0.29) is 12.5 Å². The lowest BCUT2D eigenvalue weighted by atomic mass is 9.79. The van der Waals surface area contributed by atoms with Crippen molar-refractivity contribution < 1.29 is 24.1 Å². The quantitative estimate of drug-likeness (QED) is 0.120. The minimum Gasteiger partial charge on any atom is -0.481 e. The van der Waals surface area contributed by atoms with Crippen molar-refractivity contribution in [3.8, 4) is 5.88 Å². The van der Waals surface area contributed by atoms with E-state index in [0.717, 1.165) is 33.4 Å². The van der Waals surface area contributed by atoms with Gasteiger partial charge >= 0.3 is 5.69 Å². The van der Waals surface area contributed by atoms with E-state index in [1.165, 1.54) is 17.9 Å². The van der Waals surface area contributed by atoms with Crippen LogP contribution in [0, 0.1) is 0 Å². The molecule has 0 saturated carbocycles. The third kappa shape index (κ3) is 6.84. The largest absolute Gasteiger partial charge is 0.481 e. The van der Waals surface area contributed by atoms with Crippen LogP contribution in [0.15, 0.2) is 199 Å². The molecular formula is C48H42N2O6. The van der Waals surface area contributed by atoms with E-state index in [1.807, 2.05) is 146 Å². The van der Waals surface area contributed by atoms with Crippen LogP contribution in [0.1, 0.15) is 39.6 Å². The van der Waals surface area contributed by atoms with Gasteiger partial charge in [0.2, 0.25) is 5.88 Å². The number of hydrogen-bond acceptors (Lipinski definition) is 7. The summed E-state index contributed by atoms with van der Waals surface area (Å²) in [4.78, 5) is 17.5. The van der Waals surface area contributed by atoms with Crippen LogP contribution < -0.4 is 10.4 Å². The summed E-state index contributed by atoms with van der Waals surface area (Å²) in [6, 6.07) is 61.6. The monoisotopic (exact) mass is 742 g/mol. The van der Waals surface area contributed by atoms with Crippen molar-refractivity contribution in [3.05, 3.63) is 238 Å². The Morgan fingerprint density at radius 1 is 0.589 bits per heavy atom. The first kappa shape index (κ1) is 36.8. The summed E-state index contributed by atoms with van der Waals surface area (Å²) in [7, 11) is 1.44. The van der Waals surface area contributed by atoms with Crippen molar-refractivity contribution in [3.63, 3.8) is 0 Å². The lowest BCUT2D eigenvalue weighted by Gasteiger charge is -2.41. The van der Waals surface area contributed by atoms with Crippen LogP contribution in [-0.2, 0) is 25.4 Å². The Labute approximate surface area is 326 Å². The predicted molar refractivity (Wildman–Crippen MR) is 214 cm³/mol. The molecule has 1 saturated heterocycles. The summed E-state index contributed by atoms with van der Waals surface area (Å²) in [6.45, 7) is -0.0380. The van der Waals surface area contributed by atoms with Gasteiger partial charge in [-0.15, -0.1) is 0 Å². The van der Waals surface area contributed by atoms with Crippen molar-refractivity contribution in [2.24, 2.45) is 0 Å². The van der Waals surface area contributed by atoms with Crippen molar-refractivity contribution in [2.45, 2.75) is 35.7 Å². The van der Waals surface area contributed by atoms with Crippen LogP contribution >= 0.6 is 0 Å². The van der Waals surface area contributed by atoms with Gasteiger partial charge in [-0.1, -0.05) is 182 Å². The maximum atomic E-state index is 13.5. The van der Waals surface area contributed by atoms with Gasteiger partial charge in [-0.3, -0.25) is 4.57 Å². The molecule has 1 aromatic heterocycles. The Kier molecular flexibility index (Phi) is 10.7. The van der Waals surface area contributed by atoms with Gasteiger partial charge in [-0.2, -0.15) is 4.98 Å². The molecule has 0 spiro atoms. The van der Waals surface area contributed by atoms with Crippen molar-refractivity contribution in [1.82, 2.24) is 9.55 Å². The van der Waals surface area contributed by atoms with E-state index < -0.39 is 41.4 Å². The maximum absolute atomic E-state index is 13.5. The molecule has 56 heavy (non-hydrogen) atoms. The van der Waals surface area contributed by atoms with E-state index in [9.17, 15) is 9.90 Å². The Morgan fingerprint density at radius 2 is 0.964 bits per heavy atom. The van der Waals surface area contributed by atoms with Crippen LogP contribution in [0.3, 0.4) is 0 Å². The third-order valence-corrected chi connectivity index (χ3v) is 10.5. The first-order valence-corrected chi connectivity index (χ1v) is 18.7. The van der Waals surface area contributed by atoms with Gasteiger partial charge in [-0.25, -0.2) is 4.79 Å². The zero-order chi connectivity index (χ0) is 38.4. The average Bonchev–Trinajstić information content (AvgIpc) is 3.58. The lowest BCUT2D eigenvalue weighted by Crippen LogP contribution is -2.46. The lowest BCUT2D eigenvalue weighted by molar-refractivity contribution is -0.131. The number of nitrogens with zero attached hydrogens (tertiary/aromatic N) is 2. The Balaban J connectivity index is 1.29. The number of aliphatic hydroxyl groups excluding tert-OH is 1. The Bertz CT molecular complexity index is 2170. The van der Waals surface area contributed by atoms with Gasteiger partial charge < -0.3 is 24.1 Å². The van der Waals surface area contributed by atoms with E-state index in [0.29, 0.717) is 0 Å². The predicted octanol–water partition coefficient (Wildman–Crippen LogP) is 7.90. The number of aromatic nitrogens is 2. The molecule has 6 aromatic carbocycles. The molecular weight excluding hydrogens is 701 g/mol. The number of aliphatic hydroxyl groups is 1. The van der Waals surface area contributed by atoms with Crippen molar-refractivity contribution in [2.75, 3.05) is 13.7 Å². The second-order valence-electron chi connectivity index (χ2n) is 13.7. The SMILES string of the molecule is COc1ccn([C@@H]2O[C@H](COC(c3ccccc3)(c3ccccc3)c3ccccc3)[C@@H](OC(c3ccccc3)(c3ccccc3)c3ccccc3)[C@H]2O)c(=O)n1. The molecule has 4 atom stereocenters. The van der Waals surface area contributed by atoms with Crippen molar-refractivity contribution >= 4 is 0 Å². The molecule has 0 bridgehead atoms. The molecule has 1 aliphatic rings. The molecule has 280 valence electrons. The number of methoxy groups -OCH3 is 1. The first-order valence-electron chi connectivity index (χ1n) is 18.7. The molecule has 2 heterocycles. The number of ether oxygens (including phenoxy) is 4. The highest BCUT2D eigenvalue weighted by atomic mass is 16.6. The molecule has 1 N–H and O–H groups in total.